The van der Waals surface area contributed by atoms with E-state index >= 15 is 0 Å². The fourth-order valence-electron chi connectivity index (χ4n) is 11.7. The van der Waals surface area contributed by atoms with Crippen molar-refractivity contribution in [2.45, 2.75) is 125 Å². The molecule has 5 fully saturated rings. The summed E-state index contributed by atoms with van der Waals surface area (Å²) in [5.41, 5.74) is 1.75. The molecule has 0 bridgehead atoms. The van der Waals surface area contributed by atoms with Crippen molar-refractivity contribution < 1.29 is 29.9 Å². The van der Waals surface area contributed by atoms with Gasteiger partial charge in [-0.3, -0.25) is 0 Å². The van der Waals surface area contributed by atoms with E-state index in [-0.39, 0.29) is 17.9 Å². The lowest BCUT2D eigenvalue weighted by atomic mass is 9.41. The highest BCUT2D eigenvalue weighted by atomic mass is 35.5. The Balaban J connectivity index is 1.23. The first-order chi connectivity index (χ1) is 21.0. The van der Waals surface area contributed by atoms with Gasteiger partial charge in [0.15, 0.2) is 5.60 Å². The van der Waals surface area contributed by atoms with Crippen molar-refractivity contribution in [1.29, 1.82) is 0 Å². The Bertz CT molecular complexity index is 1800. The molecule has 5 aliphatic carbocycles. The Morgan fingerprint density at radius 2 is 1.93 bits per heavy atom. The van der Waals surface area contributed by atoms with E-state index in [4.69, 9.17) is 21.1 Å². The zero-order chi connectivity index (χ0) is 32.0. The number of nitrogens with one attached hydrogen (secondary N) is 1. The fraction of sp³-hybridized carbons (Fsp3) is 0.622. The molecule has 1 aromatic heterocycles. The summed E-state index contributed by atoms with van der Waals surface area (Å²) >= 11 is 7.00. The summed E-state index contributed by atoms with van der Waals surface area (Å²) in [5.74, 6) is -0.520. The quantitative estimate of drug-likeness (QED) is 0.225. The Kier molecular flexibility index (Phi) is 5.30. The number of benzene rings is 1. The first-order valence-electron chi connectivity index (χ1n) is 16.6. The normalized spacial score (nSPS) is 47.3. The third-order valence-electron chi connectivity index (χ3n) is 14.2. The van der Waals surface area contributed by atoms with Gasteiger partial charge in [-0.25, -0.2) is 0 Å². The van der Waals surface area contributed by atoms with Gasteiger partial charge in [-0.15, -0.1) is 0 Å². The van der Waals surface area contributed by atoms with E-state index < -0.39 is 51.5 Å². The number of allylic oxidation sites excluding steroid dienone is 1. The zero-order valence-corrected chi connectivity index (χ0v) is 27.5. The Hall–Kier alpha value is -1.97. The van der Waals surface area contributed by atoms with Crippen LogP contribution in [0.2, 0.25) is 5.02 Å². The molecule has 2 aliphatic heterocycles. The molecule has 0 amide bonds. The molecule has 7 aliphatic rings. The number of aromatic amines is 1. The number of aliphatic hydroxyl groups is 4. The van der Waals surface area contributed by atoms with Gasteiger partial charge in [0.25, 0.3) is 0 Å². The zero-order valence-electron chi connectivity index (χ0n) is 26.8. The van der Waals surface area contributed by atoms with E-state index in [2.05, 4.69) is 38.1 Å². The van der Waals surface area contributed by atoms with E-state index in [9.17, 15) is 20.4 Å². The monoisotopic (exact) mass is 633 g/mol. The molecule has 2 saturated heterocycles. The summed E-state index contributed by atoms with van der Waals surface area (Å²) in [7, 11) is 0. The van der Waals surface area contributed by atoms with E-state index in [1.165, 1.54) is 5.57 Å². The number of epoxide rings is 1. The molecule has 8 heteroatoms. The van der Waals surface area contributed by atoms with Crippen LogP contribution in [0.25, 0.3) is 17.0 Å². The SMILES string of the molecule is C=C(C)C1OC2CCC3(C)C4(C)C(=Cc5c4[nH]c4cc(Cl)c6c(c54)C4(O)C(CC4C(C)(C)O)C(=C)C6)CCC3(O)C23OC3C1O. The van der Waals surface area contributed by atoms with E-state index in [0.717, 1.165) is 44.4 Å². The molecule has 9 rings (SSSR count). The van der Waals surface area contributed by atoms with Crippen LogP contribution in [0.3, 0.4) is 0 Å². The number of halogens is 1. The van der Waals surface area contributed by atoms with Crippen LogP contribution in [-0.2, 0) is 26.9 Å². The summed E-state index contributed by atoms with van der Waals surface area (Å²) in [5, 5.41) is 49.7. The lowest BCUT2D eigenvalue weighted by molar-refractivity contribution is -0.249. The lowest BCUT2D eigenvalue weighted by Crippen LogP contribution is -2.75. The van der Waals surface area contributed by atoms with Crippen LogP contribution in [0, 0.1) is 17.3 Å². The number of aliphatic hydroxyl groups excluding tert-OH is 1. The summed E-state index contributed by atoms with van der Waals surface area (Å²) in [6.07, 6.45) is 3.90. The molecule has 5 N–H and O–H groups in total. The largest absolute Gasteiger partial charge is 0.390 e. The molecular weight excluding hydrogens is 590 g/mol. The molecule has 3 heterocycles. The number of hydrogen-bond donors (Lipinski definition) is 5. The number of ether oxygens (including phenoxy) is 2. The molecule has 2 aromatic rings. The molecule has 11 unspecified atom stereocenters. The third kappa shape index (κ3) is 2.91. The Morgan fingerprint density at radius 1 is 1.20 bits per heavy atom. The minimum absolute atomic E-state index is 0.151. The maximum absolute atomic E-state index is 13.0. The minimum atomic E-state index is -1.29. The van der Waals surface area contributed by atoms with Gasteiger partial charge >= 0.3 is 0 Å². The summed E-state index contributed by atoms with van der Waals surface area (Å²) in [4.78, 5) is 3.78. The molecule has 240 valence electrons. The second-order valence-corrected chi connectivity index (χ2v) is 16.8. The van der Waals surface area contributed by atoms with Crippen molar-refractivity contribution in [2.24, 2.45) is 17.3 Å². The predicted octanol–water partition coefficient (Wildman–Crippen LogP) is 5.35. The van der Waals surface area contributed by atoms with Crippen molar-refractivity contribution in [2.75, 3.05) is 0 Å². The number of H-pyrrole nitrogens is 1. The number of fused-ring (bicyclic) bond motifs is 11. The van der Waals surface area contributed by atoms with Crippen molar-refractivity contribution in [3.63, 3.8) is 0 Å². The van der Waals surface area contributed by atoms with Gasteiger partial charge in [-0.05, 0) is 89.0 Å². The van der Waals surface area contributed by atoms with Crippen LogP contribution in [0.5, 0.6) is 0 Å². The highest BCUT2D eigenvalue weighted by molar-refractivity contribution is 6.32. The van der Waals surface area contributed by atoms with Crippen LogP contribution < -0.4 is 0 Å². The summed E-state index contributed by atoms with van der Waals surface area (Å²) in [6.45, 7) is 18.2. The average Bonchev–Trinajstić information content (AvgIpc) is 3.53. The van der Waals surface area contributed by atoms with Crippen molar-refractivity contribution in [3.8, 4) is 0 Å². The smallest absolute Gasteiger partial charge is 0.153 e. The van der Waals surface area contributed by atoms with Crippen molar-refractivity contribution in [3.05, 3.63) is 63.4 Å². The molecule has 1 aromatic carbocycles. The Labute approximate surface area is 269 Å². The summed E-state index contributed by atoms with van der Waals surface area (Å²) < 4.78 is 12.9. The predicted molar refractivity (Wildman–Crippen MR) is 172 cm³/mol. The van der Waals surface area contributed by atoms with Gasteiger partial charge in [0.05, 0.1) is 11.7 Å². The van der Waals surface area contributed by atoms with Crippen LogP contribution >= 0.6 is 11.6 Å². The molecular formula is C37H44ClNO6. The highest BCUT2D eigenvalue weighted by Crippen LogP contribution is 2.75. The van der Waals surface area contributed by atoms with Crippen LogP contribution in [0.1, 0.15) is 89.1 Å². The van der Waals surface area contributed by atoms with Gasteiger partial charge in [-0.1, -0.05) is 48.9 Å². The topological polar surface area (TPSA) is 118 Å². The van der Waals surface area contributed by atoms with Crippen LogP contribution in [0.4, 0.5) is 0 Å². The third-order valence-corrected chi connectivity index (χ3v) is 14.6. The van der Waals surface area contributed by atoms with Crippen LogP contribution in [-0.4, -0.2) is 66.6 Å². The number of hydrogen-bond acceptors (Lipinski definition) is 6. The van der Waals surface area contributed by atoms with Crippen molar-refractivity contribution in [1.82, 2.24) is 4.98 Å². The number of aromatic nitrogens is 1. The highest BCUT2D eigenvalue weighted by Gasteiger charge is 2.85. The van der Waals surface area contributed by atoms with Crippen molar-refractivity contribution >= 4 is 28.6 Å². The molecule has 11 atom stereocenters. The standard InChI is InChI=1S/C37H44ClNO6/c1-16(2)29-28(40)31-37(45-31)25(44-29)9-10-33(6)34(7)18(8-11-35(33,37)42)13-20-26-23(39-30(20)34)15-22(38)19-12-17(3)21-14-24(32(4,5)41)36(21,43)27(19)26/h13,15,21,24-25,28-29,31,39-43H,1,3,8-12,14H2,2,4-7H3. The molecule has 7 nitrogen and oxygen atoms in total. The van der Waals surface area contributed by atoms with E-state index in [1.807, 2.05) is 13.0 Å². The Morgan fingerprint density at radius 3 is 2.62 bits per heavy atom. The minimum Gasteiger partial charge on any atom is -0.390 e. The average molecular weight is 634 g/mol. The van der Waals surface area contributed by atoms with Crippen LogP contribution in [0.15, 0.2) is 35.9 Å². The molecule has 1 spiro atoms. The number of rotatable bonds is 2. The van der Waals surface area contributed by atoms with Gasteiger partial charge in [0.1, 0.15) is 29.5 Å². The van der Waals surface area contributed by atoms with Gasteiger partial charge in [0, 0.05) is 49.8 Å². The second-order valence-electron chi connectivity index (χ2n) is 16.4. The first kappa shape index (κ1) is 29.2. The molecule has 45 heavy (non-hydrogen) atoms. The maximum Gasteiger partial charge on any atom is 0.153 e. The fourth-order valence-corrected chi connectivity index (χ4v) is 12.0. The van der Waals surface area contributed by atoms with E-state index in [1.54, 1.807) is 13.8 Å². The van der Waals surface area contributed by atoms with Gasteiger partial charge < -0.3 is 34.9 Å². The molecule has 3 saturated carbocycles. The lowest BCUT2D eigenvalue weighted by Gasteiger charge is -2.65. The maximum atomic E-state index is 13.0. The van der Waals surface area contributed by atoms with Gasteiger partial charge in [0.2, 0.25) is 0 Å². The second kappa shape index (κ2) is 8.18. The first-order valence-corrected chi connectivity index (χ1v) is 16.9. The summed E-state index contributed by atoms with van der Waals surface area (Å²) in [6, 6.07) is 1.97. The van der Waals surface area contributed by atoms with E-state index in [0.29, 0.717) is 43.5 Å². The van der Waals surface area contributed by atoms with Gasteiger partial charge in [-0.2, -0.15) is 0 Å². The molecule has 0 radical (unpaired) electrons.